The molecule has 2 heterocycles. The fourth-order valence-corrected chi connectivity index (χ4v) is 5.10. The van der Waals surface area contributed by atoms with E-state index in [1.54, 1.807) is 31.4 Å². The second-order valence-electron chi connectivity index (χ2n) is 10.0. The Balaban J connectivity index is 0.00000420. The first-order valence-electron chi connectivity index (χ1n) is 13.2. The number of carbonyl (C=O) groups excluding carboxylic acids is 2. The number of benzene rings is 2. The lowest BCUT2D eigenvalue weighted by atomic mass is 9.90. The number of ether oxygens (including phenoxy) is 3. The third kappa shape index (κ3) is 7.35. The number of halogens is 1. The molecule has 2 aromatic carbocycles. The molecule has 0 spiro atoms. The SMILES string of the molecule is CCCC(=O)OC[N+]1(CCCOc2ccc(C(C)=O)cc2OC)CCC(c2noc3cc(F)ccc23)CC1.[CH3-]. The van der Waals surface area contributed by atoms with E-state index < -0.39 is 0 Å². The largest absolute Gasteiger partial charge is 0.493 e. The van der Waals surface area contributed by atoms with E-state index in [4.69, 9.17) is 18.7 Å². The number of quaternary nitrogens is 1. The summed E-state index contributed by atoms with van der Waals surface area (Å²) < 4.78 is 36.7. The first-order valence-corrected chi connectivity index (χ1v) is 13.2. The molecule has 39 heavy (non-hydrogen) atoms. The number of likely N-dealkylation sites (tertiary alicyclic amines) is 1. The number of esters is 1. The number of hydrogen-bond acceptors (Lipinski definition) is 7. The zero-order valence-corrected chi connectivity index (χ0v) is 23.3. The molecule has 8 nitrogen and oxygen atoms in total. The van der Waals surface area contributed by atoms with Crippen LogP contribution in [-0.4, -0.2) is 61.5 Å². The van der Waals surface area contributed by atoms with E-state index in [0.717, 1.165) is 56.4 Å². The summed E-state index contributed by atoms with van der Waals surface area (Å²) in [6, 6.07) is 9.70. The van der Waals surface area contributed by atoms with Crippen molar-refractivity contribution in [2.75, 3.05) is 40.1 Å². The number of ketones is 1. The summed E-state index contributed by atoms with van der Waals surface area (Å²) >= 11 is 0. The maximum absolute atomic E-state index is 13.6. The second kappa shape index (κ2) is 13.6. The van der Waals surface area contributed by atoms with E-state index in [1.807, 2.05) is 6.92 Å². The summed E-state index contributed by atoms with van der Waals surface area (Å²) in [5.41, 5.74) is 1.90. The van der Waals surface area contributed by atoms with Crippen LogP contribution < -0.4 is 9.47 Å². The van der Waals surface area contributed by atoms with Crippen LogP contribution in [0.15, 0.2) is 40.9 Å². The number of nitrogens with zero attached hydrogens (tertiary/aromatic N) is 2. The van der Waals surface area contributed by atoms with Crippen molar-refractivity contribution in [3.8, 4) is 11.5 Å². The fourth-order valence-electron chi connectivity index (χ4n) is 5.10. The summed E-state index contributed by atoms with van der Waals surface area (Å²) in [6.07, 6.45) is 3.61. The van der Waals surface area contributed by atoms with Crippen molar-refractivity contribution in [1.29, 1.82) is 0 Å². The smallest absolute Gasteiger partial charge is 0.310 e. The van der Waals surface area contributed by atoms with Crippen molar-refractivity contribution in [2.45, 2.75) is 51.9 Å². The minimum Gasteiger partial charge on any atom is -0.493 e. The van der Waals surface area contributed by atoms with Crippen LogP contribution in [0.3, 0.4) is 0 Å². The van der Waals surface area contributed by atoms with Gasteiger partial charge in [0.25, 0.3) is 0 Å². The van der Waals surface area contributed by atoms with Crippen molar-refractivity contribution in [3.63, 3.8) is 0 Å². The van der Waals surface area contributed by atoms with Crippen molar-refractivity contribution >= 4 is 22.7 Å². The first-order chi connectivity index (χ1) is 18.3. The Morgan fingerprint density at radius 3 is 2.59 bits per heavy atom. The fraction of sp³-hybridized carbons (Fsp3) is 0.467. The molecule has 0 N–H and O–H groups in total. The number of carbonyl (C=O) groups is 2. The van der Waals surface area contributed by atoms with Gasteiger partial charge in [-0.1, -0.05) is 12.1 Å². The van der Waals surface area contributed by atoms with E-state index in [9.17, 15) is 14.0 Å². The molecule has 1 saturated heterocycles. The van der Waals surface area contributed by atoms with E-state index in [2.05, 4.69) is 5.16 Å². The van der Waals surface area contributed by atoms with Gasteiger partial charge >= 0.3 is 5.97 Å². The van der Waals surface area contributed by atoms with Crippen LogP contribution >= 0.6 is 0 Å². The highest BCUT2D eigenvalue weighted by Gasteiger charge is 2.37. The number of hydrogen-bond donors (Lipinski definition) is 0. The van der Waals surface area contributed by atoms with Gasteiger partial charge in [0, 0.05) is 48.6 Å². The zero-order chi connectivity index (χ0) is 27.1. The van der Waals surface area contributed by atoms with Gasteiger partial charge in [0.2, 0.25) is 6.73 Å². The molecule has 1 aromatic heterocycles. The zero-order valence-electron chi connectivity index (χ0n) is 23.3. The number of rotatable bonds is 12. The average Bonchev–Trinajstić information content (AvgIpc) is 3.33. The molecule has 0 radical (unpaired) electrons. The maximum Gasteiger partial charge on any atom is 0.310 e. The topological polar surface area (TPSA) is 87.9 Å². The Labute approximate surface area is 229 Å². The predicted molar refractivity (Wildman–Crippen MR) is 146 cm³/mol. The van der Waals surface area contributed by atoms with Crippen LogP contribution in [-0.2, 0) is 9.53 Å². The van der Waals surface area contributed by atoms with Crippen LogP contribution in [0.2, 0.25) is 0 Å². The van der Waals surface area contributed by atoms with Crippen LogP contribution in [0.1, 0.15) is 67.9 Å². The standard InChI is InChI=1S/C29H36FN2O6.CH3/c1-4-6-28(34)37-19-32(13-5-16-36-25-10-7-22(20(2)33)17-27(25)35-3)14-11-21(12-15-32)29-24-9-8-23(30)18-26(24)38-31-29;/h7-10,17-18,21H,4-6,11-16,19H2,1-3H3;1H3/q+1;-1. The van der Waals surface area contributed by atoms with Crippen molar-refractivity contribution in [1.82, 2.24) is 5.16 Å². The third-order valence-corrected chi connectivity index (χ3v) is 7.31. The van der Waals surface area contributed by atoms with Gasteiger partial charge in [-0.05, 0) is 43.7 Å². The summed E-state index contributed by atoms with van der Waals surface area (Å²) in [4.78, 5) is 23.8. The molecule has 0 amide bonds. The summed E-state index contributed by atoms with van der Waals surface area (Å²) in [6.45, 7) is 6.67. The van der Waals surface area contributed by atoms with Crippen molar-refractivity contribution in [2.24, 2.45) is 0 Å². The molecule has 0 aliphatic carbocycles. The highest BCUT2D eigenvalue weighted by atomic mass is 19.1. The molecule has 3 aromatic rings. The van der Waals surface area contributed by atoms with Gasteiger partial charge in [-0.25, -0.2) is 4.39 Å². The molecule has 1 fully saturated rings. The average molecular weight is 543 g/mol. The van der Waals surface area contributed by atoms with E-state index >= 15 is 0 Å². The third-order valence-electron chi connectivity index (χ3n) is 7.31. The van der Waals surface area contributed by atoms with Gasteiger partial charge in [-0.3, -0.25) is 14.1 Å². The van der Waals surface area contributed by atoms with E-state index in [0.29, 0.717) is 46.9 Å². The van der Waals surface area contributed by atoms with Crippen LogP contribution in [0.5, 0.6) is 11.5 Å². The Morgan fingerprint density at radius 1 is 1.13 bits per heavy atom. The van der Waals surface area contributed by atoms with E-state index in [1.165, 1.54) is 19.1 Å². The number of Topliss-reactive ketones (excluding diaryl/α,β-unsaturated/α-hetero) is 1. The number of piperidine rings is 1. The molecule has 0 saturated carbocycles. The Morgan fingerprint density at radius 2 is 1.90 bits per heavy atom. The Kier molecular flexibility index (Phi) is 10.5. The molecule has 212 valence electrons. The van der Waals surface area contributed by atoms with Crippen molar-refractivity contribution in [3.05, 3.63) is 60.9 Å². The second-order valence-corrected chi connectivity index (χ2v) is 10.0. The van der Waals surface area contributed by atoms with Crippen LogP contribution in [0.4, 0.5) is 4.39 Å². The predicted octanol–water partition coefficient (Wildman–Crippen LogP) is 6.09. The van der Waals surface area contributed by atoms with Gasteiger partial charge in [-0.2, -0.15) is 0 Å². The molecule has 0 unspecified atom stereocenters. The molecule has 9 heteroatoms. The molecular weight excluding hydrogens is 503 g/mol. The molecule has 1 aliphatic rings. The van der Waals surface area contributed by atoms with Gasteiger partial charge in [0.05, 0.1) is 39.0 Å². The quantitative estimate of drug-likeness (QED) is 0.0899. The van der Waals surface area contributed by atoms with Crippen molar-refractivity contribution < 1.29 is 37.2 Å². The lowest BCUT2D eigenvalue weighted by Gasteiger charge is -2.42. The number of aromatic nitrogens is 1. The highest BCUT2D eigenvalue weighted by molar-refractivity contribution is 5.94. The lowest BCUT2D eigenvalue weighted by molar-refractivity contribution is -0.948. The van der Waals surface area contributed by atoms with Gasteiger partial charge < -0.3 is 26.2 Å². The molecule has 4 rings (SSSR count). The highest BCUT2D eigenvalue weighted by Crippen LogP contribution is 2.35. The molecule has 0 bridgehead atoms. The van der Waals surface area contributed by atoms with Crippen LogP contribution in [0, 0.1) is 13.2 Å². The molecule has 1 aliphatic heterocycles. The lowest BCUT2D eigenvalue weighted by Crippen LogP contribution is -2.55. The van der Waals surface area contributed by atoms with Gasteiger partial charge in [-0.15, -0.1) is 0 Å². The molecular formula is C30H39FN2O6. The number of fused-ring (bicyclic) bond motifs is 1. The summed E-state index contributed by atoms with van der Waals surface area (Å²) in [7, 11) is 1.55. The Bertz CT molecular complexity index is 1270. The first kappa shape index (κ1) is 30.1. The monoisotopic (exact) mass is 542 g/mol. The molecule has 0 atom stereocenters. The minimum absolute atomic E-state index is 0. The number of methoxy groups -OCH3 is 1. The minimum atomic E-state index is -0.344. The summed E-state index contributed by atoms with van der Waals surface area (Å²) in [5, 5.41) is 5.11. The summed E-state index contributed by atoms with van der Waals surface area (Å²) in [5.74, 6) is 0.751. The Hall–Kier alpha value is -3.46. The maximum atomic E-state index is 13.6. The van der Waals surface area contributed by atoms with Gasteiger partial charge in [0.15, 0.2) is 22.9 Å². The van der Waals surface area contributed by atoms with Gasteiger partial charge in [0.1, 0.15) is 5.82 Å². The van der Waals surface area contributed by atoms with E-state index in [-0.39, 0.29) is 30.9 Å². The normalized spacial score (nSPS) is 18.8. The van der Waals surface area contributed by atoms with Crippen LogP contribution in [0.25, 0.3) is 11.0 Å².